The Morgan fingerprint density at radius 3 is 2.61 bits per heavy atom. The highest BCUT2D eigenvalue weighted by atomic mass is 16.5. The van der Waals surface area contributed by atoms with Crippen LogP contribution in [0, 0.1) is 6.92 Å². The summed E-state index contributed by atoms with van der Waals surface area (Å²) in [5.41, 5.74) is 2.58. The molecule has 0 aliphatic carbocycles. The Kier molecular flexibility index (Phi) is 8.18. The lowest BCUT2D eigenvalue weighted by Crippen LogP contribution is -2.47. The summed E-state index contributed by atoms with van der Waals surface area (Å²) in [7, 11) is 0. The minimum Gasteiger partial charge on any atom is -0.494 e. The van der Waals surface area contributed by atoms with Crippen LogP contribution in [0.4, 0.5) is 0 Å². The molecule has 3 aromatic rings. The smallest absolute Gasteiger partial charge is 0.252 e. The van der Waals surface area contributed by atoms with Crippen LogP contribution in [0.2, 0.25) is 0 Å². The van der Waals surface area contributed by atoms with Gasteiger partial charge < -0.3 is 19.9 Å². The highest BCUT2D eigenvalue weighted by Gasteiger charge is 2.52. The second-order valence-corrected chi connectivity index (χ2v) is 8.86. The molecule has 0 spiro atoms. The topological polar surface area (TPSA) is 80.2 Å². The second kappa shape index (κ2) is 11.7. The predicted octanol–water partition coefficient (Wildman–Crippen LogP) is 4.91. The number of amides is 1. The van der Waals surface area contributed by atoms with Crippen molar-refractivity contribution in [1.29, 1.82) is 0 Å². The Hall–Kier alpha value is -3.90. The first-order valence-corrected chi connectivity index (χ1v) is 12.2. The number of ether oxygens (including phenoxy) is 2. The molecule has 3 aromatic carbocycles. The van der Waals surface area contributed by atoms with Crippen molar-refractivity contribution in [1.82, 2.24) is 5.32 Å². The zero-order valence-electron chi connectivity index (χ0n) is 20.5. The van der Waals surface area contributed by atoms with Crippen LogP contribution in [0.5, 0.6) is 5.75 Å². The molecule has 0 saturated carbocycles. The maximum absolute atomic E-state index is 13.8. The Labute approximate surface area is 212 Å². The van der Waals surface area contributed by atoms with Gasteiger partial charge in [-0.2, -0.15) is 0 Å². The van der Waals surface area contributed by atoms with Crippen molar-refractivity contribution in [2.75, 3.05) is 13.2 Å². The highest BCUT2D eigenvalue weighted by molar-refractivity contribution is 6.01. The number of carbonyl (C=O) groups excluding carboxylic acids is 1. The SMILES string of the molecule is C=CC[C@@]1(C(=O)NCc2cccc(C)c2)N=C(c2ccc(OCCCO)cc2)O[C@@H]1c1ccccc1. The van der Waals surface area contributed by atoms with E-state index in [1.807, 2.05) is 79.7 Å². The van der Waals surface area contributed by atoms with Crippen LogP contribution in [-0.2, 0) is 16.1 Å². The van der Waals surface area contributed by atoms with E-state index >= 15 is 0 Å². The Morgan fingerprint density at radius 2 is 1.92 bits per heavy atom. The number of hydrogen-bond acceptors (Lipinski definition) is 5. The van der Waals surface area contributed by atoms with Gasteiger partial charge in [0.1, 0.15) is 5.75 Å². The monoisotopic (exact) mass is 484 g/mol. The number of benzene rings is 3. The van der Waals surface area contributed by atoms with Gasteiger partial charge in [0.2, 0.25) is 5.90 Å². The molecule has 0 bridgehead atoms. The Bertz CT molecular complexity index is 1210. The molecule has 36 heavy (non-hydrogen) atoms. The summed E-state index contributed by atoms with van der Waals surface area (Å²) in [6.07, 6.45) is 2.00. The lowest BCUT2D eigenvalue weighted by molar-refractivity contribution is -0.129. The number of nitrogens with zero attached hydrogens (tertiary/aromatic N) is 1. The van der Waals surface area contributed by atoms with Crippen LogP contribution >= 0.6 is 0 Å². The van der Waals surface area contributed by atoms with Crippen LogP contribution in [0.1, 0.15) is 41.2 Å². The number of aliphatic hydroxyl groups is 1. The molecular weight excluding hydrogens is 452 g/mol. The minimum absolute atomic E-state index is 0.0843. The maximum Gasteiger partial charge on any atom is 0.252 e. The molecule has 0 saturated heterocycles. The van der Waals surface area contributed by atoms with Gasteiger partial charge in [0.25, 0.3) is 5.91 Å². The van der Waals surface area contributed by atoms with E-state index in [0.717, 1.165) is 22.3 Å². The zero-order valence-corrected chi connectivity index (χ0v) is 20.5. The molecule has 6 nitrogen and oxygen atoms in total. The van der Waals surface area contributed by atoms with Gasteiger partial charge >= 0.3 is 0 Å². The summed E-state index contributed by atoms with van der Waals surface area (Å²) in [4.78, 5) is 18.7. The number of aliphatic imine (C=N–C) groups is 1. The van der Waals surface area contributed by atoms with Crippen molar-refractivity contribution in [2.45, 2.75) is 38.0 Å². The number of rotatable bonds is 11. The molecule has 186 valence electrons. The first-order chi connectivity index (χ1) is 17.6. The van der Waals surface area contributed by atoms with Gasteiger partial charge in [-0.3, -0.25) is 4.79 Å². The molecular formula is C30H32N2O4. The molecule has 0 radical (unpaired) electrons. The summed E-state index contributed by atoms with van der Waals surface area (Å²) in [6.45, 7) is 6.86. The third-order valence-electron chi connectivity index (χ3n) is 6.12. The maximum atomic E-state index is 13.8. The Balaban J connectivity index is 1.64. The van der Waals surface area contributed by atoms with E-state index in [2.05, 4.69) is 18.0 Å². The van der Waals surface area contributed by atoms with E-state index in [0.29, 0.717) is 37.6 Å². The van der Waals surface area contributed by atoms with Crippen LogP contribution < -0.4 is 10.1 Å². The molecule has 1 aliphatic rings. The van der Waals surface area contributed by atoms with Gasteiger partial charge in [0.05, 0.1) is 6.61 Å². The lowest BCUT2D eigenvalue weighted by Gasteiger charge is -2.29. The van der Waals surface area contributed by atoms with Crippen molar-refractivity contribution in [3.63, 3.8) is 0 Å². The average Bonchev–Trinajstić information content (AvgIpc) is 3.29. The van der Waals surface area contributed by atoms with Crippen LogP contribution in [0.25, 0.3) is 0 Å². The molecule has 0 unspecified atom stereocenters. The van der Waals surface area contributed by atoms with Gasteiger partial charge in [-0.25, -0.2) is 4.99 Å². The number of carbonyl (C=O) groups is 1. The third-order valence-corrected chi connectivity index (χ3v) is 6.12. The van der Waals surface area contributed by atoms with Crippen molar-refractivity contribution >= 4 is 11.8 Å². The molecule has 1 aliphatic heterocycles. The van der Waals surface area contributed by atoms with Crippen LogP contribution in [0.15, 0.2) is 96.5 Å². The molecule has 1 heterocycles. The first kappa shape index (κ1) is 25.2. The minimum atomic E-state index is -1.20. The summed E-state index contributed by atoms with van der Waals surface area (Å²) in [5, 5.41) is 12.0. The summed E-state index contributed by atoms with van der Waals surface area (Å²) >= 11 is 0. The quantitative estimate of drug-likeness (QED) is 0.300. The number of hydrogen-bond donors (Lipinski definition) is 2. The zero-order chi connectivity index (χ0) is 25.4. The van der Waals surface area contributed by atoms with E-state index in [1.165, 1.54) is 0 Å². The molecule has 4 rings (SSSR count). The normalized spacial score (nSPS) is 18.7. The van der Waals surface area contributed by atoms with Crippen molar-refractivity contribution < 1.29 is 19.4 Å². The fourth-order valence-electron chi connectivity index (χ4n) is 4.32. The first-order valence-electron chi connectivity index (χ1n) is 12.2. The van der Waals surface area contributed by atoms with Crippen molar-refractivity contribution in [2.24, 2.45) is 4.99 Å². The van der Waals surface area contributed by atoms with Gasteiger partial charge in [0, 0.05) is 31.6 Å². The summed E-state index contributed by atoms with van der Waals surface area (Å²) in [5.74, 6) is 0.883. The fourth-order valence-corrected chi connectivity index (χ4v) is 4.32. The molecule has 0 aromatic heterocycles. The van der Waals surface area contributed by atoms with Gasteiger partial charge in [-0.1, -0.05) is 66.2 Å². The van der Waals surface area contributed by atoms with E-state index in [4.69, 9.17) is 19.6 Å². The van der Waals surface area contributed by atoms with Gasteiger partial charge in [0.15, 0.2) is 11.6 Å². The third kappa shape index (κ3) is 5.66. The van der Waals surface area contributed by atoms with E-state index < -0.39 is 11.6 Å². The van der Waals surface area contributed by atoms with Gasteiger partial charge in [-0.05, 0) is 42.3 Å². The molecule has 1 amide bonds. The lowest BCUT2D eigenvalue weighted by atomic mass is 9.84. The fraction of sp³-hybridized carbons (Fsp3) is 0.267. The number of aryl methyl sites for hydroxylation is 1. The van der Waals surface area contributed by atoms with Crippen LogP contribution in [-0.4, -0.2) is 35.7 Å². The summed E-state index contributed by atoms with van der Waals surface area (Å²) in [6, 6.07) is 25.1. The van der Waals surface area contributed by atoms with E-state index in [-0.39, 0.29) is 12.5 Å². The number of aliphatic hydroxyl groups excluding tert-OH is 1. The van der Waals surface area contributed by atoms with Crippen molar-refractivity contribution in [3.8, 4) is 5.75 Å². The predicted molar refractivity (Wildman–Crippen MR) is 141 cm³/mol. The highest BCUT2D eigenvalue weighted by Crippen LogP contribution is 2.42. The second-order valence-electron chi connectivity index (χ2n) is 8.86. The van der Waals surface area contributed by atoms with E-state index in [1.54, 1.807) is 6.08 Å². The van der Waals surface area contributed by atoms with E-state index in [9.17, 15) is 4.79 Å². The molecule has 6 heteroatoms. The van der Waals surface area contributed by atoms with Gasteiger partial charge in [-0.15, -0.1) is 6.58 Å². The van der Waals surface area contributed by atoms with Crippen LogP contribution in [0.3, 0.4) is 0 Å². The molecule has 2 atom stereocenters. The Morgan fingerprint density at radius 1 is 1.14 bits per heavy atom. The standard InChI is InChI=1S/C30H32N2O4/c1-3-17-30(29(34)31-21-23-10-7-9-22(2)20-23)27(24-11-5-4-6-12-24)36-28(32-30)25-13-15-26(16-14-25)35-19-8-18-33/h3-7,9-16,20,27,33H,1,8,17-19,21H2,2H3,(H,31,34)/t27-,30-/m1/s1. The molecule has 0 fully saturated rings. The molecule has 2 N–H and O–H groups in total. The summed E-state index contributed by atoms with van der Waals surface area (Å²) < 4.78 is 12.0. The van der Waals surface area contributed by atoms with Crippen molar-refractivity contribution in [3.05, 3.63) is 114 Å². The average molecular weight is 485 g/mol. The largest absolute Gasteiger partial charge is 0.494 e. The number of nitrogens with one attached hydrogen (secondary N) is 1.